The van der Waals surface area contributed by atoms with Gasteiger partial charge in [0.2, 0.25) is 0 Å². The van der Waals surface area contributed by atoms with Gasteiger partial charge in [-0.05, 0) is 42.4 Å². The molecule has 0 bridgehead atoms. The molecule has 0 N–H and O–H groups in total. The summed E-state index contributed by atoms with van der Waals surface area (Å²) in [5.74, 6) is -2.51. The Bertz CT molecular complexity index is 441. The number of rotatable bonds is 1. The molecule has 0 aromatic heterocycles. The predicted octanol–water partition coefficient (Wildman–Crippen LogP) is 5.17. The van der Waals surface area contributed by atoms with E-state index in [4.69, 9.17) is 11.6 Å². The Morgan fingerprint density at radius 3 is 2.39 bits per heavy atom. The van der Waals surface area contributed by atoms with Gasteiger partial charge in [0.15, 0.2) is 0 Å². The van der Waals surface area contributed by atoms with Crippen molar-refractivity contribution in [2.45, 2.75) is 31.9 Å². The van der Waals surface area contributed by atoms with Crippen molar-refractivity contribution < 1.29 is 17.6 Å². The summed E-state index contributed by atoms with van der Waals surface area (Å²) in [6, 6.07) is 4.18. The number of hydrogen-bond donors (Lipinski definition) is 0. The third-order valence-electron chi connectivity index (χ3n) is 3.85. The summed E-state index contributed by atoms with van der Waals surface area (Å²) >= 11 is 5.67. The van der Waals surface area contributed by atoms with Gasteiger partial charge in [0.05, 0.1) is 10.9 Å². The molecule has 18 heavy (non-hydrogen) atoms. The van der Waals surface area contributed by atoms with E-state index in [0.717, 1.165) is 0 Å². The van der Waals surface area contributed by atoms with Crippen LogP contribution in [0.25, 0.3) is 0 Å². The zero-order valence-corrected chi connectivity index (χ0v) is 10.5. The summed E-state index contributed by atoms with van der Waals surface area (Å²) in [6.45, 7) is 1.60. The number of halogens is 5. The van der Waals surface area contributed by atoms with Gasteiger partial charge in [-0.25, -0.2) is 4.39 Å². The summed E-state index contributed by atoms with van der Waals surface area (Å²) in [5, 5.41) is -0.0323. The van der Waals surface area contributed by atoms with Crippen molar-refractivity contribution in [1.29, 1.82) is 0 Å². The van der Waals surface area contributed by atoms with Gasteiger partial charge in [-0.2, -0.15) is 13.2 Å². The quantitative estimate of drug-likeness (QED) is 0.623. The highest BCUT2D eigenvalue weighted by atomic mass is 35.5. The summed E-state index contributed by atoms with van der Waals surface area (Å²) in [4.78, 5) is 0. The largest absolute Gasteiger partial charge is 0.392 e. The molecular weight excluding hydrogens is 268 g/mol. The Balaban J connectivity index is 2.23. The second kappa shape index (κ2) is 4.72. The lowest BCUT2D eigenvalue weighted by Gasteiger charge is -2.23. The predicted molar refractivity (Wildman–Crippen MR) is 62.1 cm³/mol. The van der Waals surface area contributed by atoms with Crippen LogP contribution in [0.3, 0.4) is 0 Å². The van der Waals surface area contributed by atoms with E-state index in [1.54, 1.807) is 6.92 Å². The normalized spacial score (nSPS) is 28.7. The Morgan fingerprint density at radius 1 is 1.22 bits per heavy atom. The molecule has 0 radical (unpaired) electrons. The monoisotopic (exact) mass is 280 g/mol. The van der Waals surface area contributed by atoms with Crippen molar-refractivity contribution in [3.8, 4) is 0 Å². The minimum atomic E-state index is -4.15. The lowest BCUT2D eigenvalue weighted by Crippen LogP contribution is -2.26. The van der Waals surface area contributed by atoms with Crippen LogP contribution in [0.2, 0.25) is 5.02 Å². The highest BCUT2D eigenvalue weighted by Crippen LogP contribution is 2.50. The fraction of sp³-hybridized carbons (Fsp3) is 0.538. The van der Waals surface area contributed by atoms with Gasteiger partial charge in [0, 0.05) is 0 Å². The first-order chi connectivity index (χ1) is 8.30. The first kappa shape index (κ1) is 13.7. The maximum absolute atomic E-state index is 13.0. The zero-order valence-electron chi connectivity index (χ0n) is 9.77. The Kier molecular flexibility index (Phi) is 3.58. The fourth-order valence-electron chi connectivity index (χ4n) is 2.84. The van der Waals surface area contributed by atoms with E-state index in [0.29, 0.717) is 12.0 Å². The van der Waals surface area contributed by atoms with Crippen molar-refractivity contribution in [1.82, 2.24) is 0 Å². The second-order valence-electron chi connectivity index (χ2n) is 4.86. The van der Waals surface area contributed by atoms with Gasteiger partial charge in [-0.15, -0.1) is 0 Å². The van der Waals surface area contributed by atoms with Crippen LogP contribution in [0.4, 0.5) is 17.6 Å². The molecule has 3 unspecified atom stereocenters. The molecule has 0 spiro atoms. The third-order valence-corrected chi connectivity index (χ3v) is 4.14. The van der Waals surface area contributed by atoms with E-state index >= 15 is 0 Å². The Labute approximate surface area is 108 Å². The minimum Gasteiger partial charge on any atom is -0.205 e. The standard InChI is InChI=1S/C13H13ClF4/c1-7-9(3-4-10(7)13(16,17)18)8-2-5-12(15)11(14)6-8/h2,5-7,9-10H,3-4H2,1H3. The van der Waals surface area contributed by atoms with Crippen molar-refractivity contribution in [3.63, 3.8) is 0 Å². The summed E-state index contributed by atoms with van der Waals surface area (Å²) in [5.41, 5.74) is 0.695. The summed E-state index contributed by atoms with van der Waals surface area (Å²) in [7, 11) is 0. The van der Waals surface area contributed by atoms with E-state index < -0.39 is 23.8 Å². The minimum absolute atomic E-state index is 0.0323. The third kappa shape index (κ3) is 2.48. The molecule has 5 heteroatoms. The molecule has 0 nitrogen and oxygen atoms in total. The van der Waals surface area contributed by atoms with Gasteiger partial charge in [0.25, 0.3) is 0 Å². The summed E-state index contributed by atoms with van der Waals surface area (Å²) in [6.07, 6.45) is -3.56. The highest BCUT2D eigenvalue weighted by molar-refractivity contribution is 6.30. The fourth-order valence-corrected chi connectivity index (χ4v) is 3.03. The Hall–Kier alpha value is -0.770. The molecule has 2 rings (SSSR count). The van der Waals surface area contributed by atoms with E-state index in [1.165, 1.54) is 18.2 Å². The zero-order chi connectivity index (χ0) is 13.5. The maximum atomic E-state index is 13.0. The molecule has 100 valence electrons. The first-order valence-corrected chi connectivity index (χ1v) is 6.20. The molecule has 1 aromatic carbocycles. The van der Waals surface area contributed by atoms with Crippen molar-refractivity contribution in [2.75, 3.05) is 0 Å². The van der Waals surface area contributed by atoms with E-state index in [2.05, 4.69) is 0 Å². The lowest BCUT2D eigenvalue weighted by atomic mass is 9.86. The van der Waals surface area contributed by atoms with E-state index in [1.807, 2.05) is 0 Å². The average Bonchev–Trinajstić information content (AvgIpc) is 2.64. The van der Waals surface area contributed by atoms with Crippen LogP contribution >= 0.6 is 11.6 Å². The number of alkyl halides is 3. The van der Waals surface area contributed by atoms with Crippen LogP contribution < -0.4 is 0 Å². The van der Waals surface area contributed by atoms with Crippen LogP contribution in [0.15, 0.2) is 18.2 Å². The highest BCUT2D eigenvalue weighted by Gasteiger charge is 2.49. The van der Waals surface area contributed by atoms with Crippen LogP contribution in [0.1, 0.15) is 31.2 Å². The van der Waals surface area contributed by atoms with Gasteiger partial charge in [-0.3, -0.25) is 0 Å². The lowest BCUT2D eigenvalue weighted by molar-refractivity contribution is -0.182. The smallest absolute Gasteiger partial charge is 0.205 e. The molecule has 3 atom stereocenters. The van der Waals surface area contributed by atoms with Gasteiger partial charge in [-0.1, -0.05) is 24.6 Å². The maximum Gasteiger partial charge on any atom is 0.392 e. The van der Waals surface area contributed by atoms with Crippen LogP contribution in [0, 0.1) is 17.7 Å². The average molecular weight is 281 g/mol. The van der Waals surface area contributed by atoms with Crippen molar-refractivity contribution >= 4 is 11.6 Å². The number of hydrogen-bond acceptors (Lipinski definition) is 0. The molecule has 0 saturated heterocycles. The molecule has 1 aromatic rings. The molecule has 1 saturated carbocycles. The van der Waals surface area contributed by atoms with E-state index in [9.17, 15) is 17.6 Å². The molecule has 0 amide bonds. The summed E-state index contributed by atoms with van der Waals surface area (Å²) < 4.78 is 51.3. The molecule has 1 aliphatic rings. The molecule has 1 aliphatic carbocycles. The second-order valence-corrected chi connectivity index (χ2v) is 5.27. The molecule has 0 aliphatic heterocycles. The number of benzene rings is 1. The van der Waals surface area contributed by atoms with Gasteiger partial charge in [0.1, 0.15) is 5.82 Å². The van der Waals surface area contributed by atoms with Crippen LogP contribution in [-0.2, 0) is 0 Å². The van der Waals surface area contributed by atoms with Crippen LogP contribution in [-0.4, -0.2) is 6.18 Å². The SMILES string of the molecule is CC1C(c2ccc(F)c(Cl)c2)CCC1C(F)(F)F. The van der Waals surface area contributed by atoms with Crippen LogP contribution in [0.5, 0.6) is 0 Å². The Morgan fingerprint density at radius 2 is 1.89 bits per heavy atom. The molecular formula is C13H13ClF4. The van der Waals surface area contributed by atoms with Crippen molar-refractivity contribution in [2.24, 2.45) is 11.8 Å². The van der Waals surface area contributed by atoms with Crippen molar-refractivity contribution in [3.05, 3.63) is 34.6 Å². The molecule has 1 fully saturated rings. The van der Waals surface area contributed by atoms with Gasteiger partial charge < -0.3 is 0 Å². The van der Waals surface area contributed by atoms with Gasteiger partial charge >= 0.3 is 6.18 Å². The topological polar surface area (TPSA) is 0 Å². The first-order valence-electron chi connectivity index (χ1n) is 5.82. The van der Waals surface area contributed by atoms with E-state index in [-0.39, 0.29) is 17.4 Å². The molecule has 0 heterocycles.